The average molecular weight is 275 g/mol. The van der Waals surface area contributed by atoms with Gasteiger partial charge in [0.2, 0.25) is 15.7 Å². The van der Waals surface area contributed by atoms with Gasteiger partial charge in [-0.1, -0.05) is 18.2 Å². The van der Waals surface area contributed by atoms with Gasteiger partial charge in [-0.3, -0.25) is 4.79 Å². The number of aryl methyl sites for hydroxylation is 1. The van der Waals surface area contributed by atoms with Crippen LogP contribution in [-0.4, -0.2) is 14.3 Å². The van der Waals surface area contributed by atoms with Crippen molar-refractivity contribution in [2.24, 2.45) is 5.73 Å². The number of primary amides is 1. The maximum Gasteiger partial charge on any atom is 0.248 e. The van der Waals surface area contributed by atoms with Crippen LogP contribution >= 0.6 is 0 Å². The summed E-state index contributed by atoms with van der Waals surface area (Å²) in [5.74, 6) is -0.583. The molecule has 0 saturated carbocycles. The summed E-state index contributed by atoms with van der Waals surface area (Å²) in [6.45, 7) is 1.74. The van der Waals surface area contributed by atoms with E-state index in [9.17, 15) is 13.2 Å². The van der Waals surface area contributed by atoms with Crippen LogP contribution in [0.25, 0.3) is 0 Å². The van der Waals surface area contributed by atoms with Crippen molar-refractivity contribution >= 4 is 15.7 Å². The molecule has 4 nitrogen and oxygen atoms in total. The number of nitrogens with two attached hydrogens (primary N) is 1. The summed E-state index contributed by atoms with van der Waals surface area (Å²) in [5, 5.41) is 0. The summed E-state index contributed by atoms with van der Waals surface area (Å²) in [6, 6.07) is 12.4. The third kappa shape index (κ3) is 2.51. The minimum atomic E-state index is -3.56. The van der Waals surface area contributed by atoms with Gasteiger partial charge >= 0.3 is 0 Å². The normalized spacial score (nSPS) is 11.2. The van der Waals surface area contributed by atoms with Crippen molar-refractivity contribution in [2.75, 3.05) is 0 Å². The Bertz CT molecular complexity index is 719. The Morgan fingerprint density at radius 1 is 1.00 bits per heavy atom. The van der Waals surface area contributed by atoms with E-state index in [4.69, 9.17) is 5.73 Å². The molecule has 0 aliphatic carbocycles. The maximum absolute atomic E-state index is 12.4. The molecular weight excluding hydrogens is 262 g/mol. The average Bonchev–Trinajstić information content (AvgIpc) is 2.39. The molecule has 2 rings (SSSR count). The lowest BCUT2D eigenvalue weighted by Crippen LogP contribution is -2.11. The highest BCUT2D eigenvalue weighted by molar-refractivity contribution is 7.91. The first-order valence-corrected chi connectivity index (χ1v) is 7.12. The van der Waals surface area contributed by atoms with Crippen LogP contribution in [0.3, 0.4) is 0 Å². The molecule has 0 fully saturated rings. The van der Waals surface area contributed by atoms with Crippen molar-refractivity contribution in [3.63, 3.8) is 0 Å². The van der Waals surface area contributed by atoms with Crippen LogP contribution in [0, 0.1) is 6.92 Å². The molecule has 0 aliphatic rings. The first-order valence-electron chi connectivity index (χ1n) is 5.63. The fraction of sp³-hybridized carbons (Fsp3) is 0.0714. The number of amides is 1. The molecule has 2 aromatic carbocycles. The number of sulfone groups is 1. The van der Waals surface area contributed by atoms with Crippen LogP contribution in [0.1, 0.15) is 15.9 Å². The second-order valence-electron chi connectivity index (χ2n) is 4.16. The van der Waals surface area contributed by atoms with Crippen LogP contribution in [0.4, 0.5) is 0 Å². The summed E-state index contributed by atoms with van der Waals surface area (Å²) in [4.78, 5) is 11.4. The van der Waals surface area contributed by atoms with Crippen molar-refractivity contribution in [1.29, 1.82) is 0 Å². The zero-order chi connectivity index (χ0) is 14.0. The highest BCUT2D eigenvalue weighted by Gasteiger charge is 2.19. The highest BCUT2D eigenvalue weighted by atomic mass is 32.2. The first kappa shape index (κ1) is 13.3. The topological polar surface area (TPSA) is 77.2 Å². The summed E-state index contributed by atoms with van der Waals surface area (Å²) in [5.41, 5.74) is 6.08. The summed E-state index contributed by atoms with van der Waals surface area (Å²) in [6.07, 6.45) is 0. The van der Waals surface area contributed by atoms with E-state index in [0.29, 0.717) is 5.56 Å². The van der Waals surface area contributed by atoms with Gasteiger partial charge in [-0.15, -0.1) is 0 Å². The fourth-order valence-corrected chi connectivity index (χ4v) is 3.28. The number of carbonyl (C=O) groups is 1. The Balaban J connectivity index is 2.52. The van der Waals surface area contributed by atoms with Crippen molar-refractivity contribution in [3.05, 3.63) is 59.7 Å². The van der Waals surface area contributed by atoms with Crippen LogP contribution < -0.4 is 5.73 Å². The standard InChI is InChI=1S/C14H13NO3S/c1-10-4-2-3-5-13(10)19(17,18)12-8-6-11(7-9-12)14(15)16/h2-9H,1H3,(H2,15,16). The minimum absolute atomic E-state index is 0.145. The Labute approximate surface area is 111 Å². The SMILES string of the molecule is Cc1ccccc1S(=O)(=O)c1ccc(C(N)=O)cc1. The van der Waals surface area contributed by atoms with Gasteiger partial charge in [0.1, 0.15) is 0 Å². The van der Waals surface area contributed by atoms with Gasteiger partial charge in [0.25, 0.3) is 0 Å². The lowest BCUT2D eigenvalue weighted by Gasteiger charge is -2.07. The number of rotatable bonds is 3. The Morgan fingerprint density at radius 3 is 2.11 bits per heavy atom. The van der Waals surface area contributed by atoms with Crippen molar-refractivity contribution in [2.45, 2.75) is 16.7 Å². The van der Waals surface area contributed by atoms with Gasteiger partial charge in [0, 0.05) is 5.56 Å². The van der Waals surface area contributed by atoms with Gasteiger partial charge in [-0.25, -0.2) is 8.42 Å². The maximum atomic E-state index is 12.4. The highest BCUT2D eigenvalue weighted by Crippen LogP contribution is 2.23. The molecule has 0 aromatic heterocycles. The van der Waals surface area contributed by atoms with Gasteiger partial charge < -0.3 is 5.73 Å². The fourth-order valence-electron chi connectivity index (χ4n) is 1.78. The van der Waals surface area contributed by atoms with Crippen LogP contribution in [-0.2, 0) is 9.84 Å². The molecule has 19 heavy (non-hydrogen) atoms. The molecule has 0 saturated heterocycles. The summed E-state index contributed by atoms with van der Waals surface area (Å²) in [7, 11) is -3.56. The number of carbonyl (C=O) groups excluding carboxylic acids is 1. The molecule has 0 radical (unpaired) electrons. The molecule has 2 N–H and O–H groups in total. The van der Waals surface area contributed by atoms with E-state index in [1.54, 1.807) is 31.2 Å². The predicted octanol–water partition coefficient (Wildman–Crippen LogP) is 1.93. The number of hydrogen-bond acceptors (Lipinski definition) is 3. The van der Waals surface area contributed by atoms with E-state index in [1.165, 1.54) is 24.3 Å². The monoisotopic (exact) mass is 275 g/mol. The van der Waals surface area contributed by atoms with Crippen molar-refractivity contribution < 1.29 is 13.2 Å². The van der Waals surface area contributed by atoms with E-state index in [-0.39, 0.29) is 15.4 Å². The van der Waals surface area contributed by atoms with E-state index >= 15 is 0 Å². The predicted molar refractivity (Wildman–Crippen MR) is 71.6 cm³/mol. The third-order valence-corrected chi connectivity index (χ3v) is 4.76. The molecule has 2 aromatic rings. The molecular formula is C14H13NO3S. The lowest BCUT2D eigenvalue weighted by atomic mass is 10.2. The Hall–Kier alpha value is -2.14. The Kier molecular flexibility index (Phi) is 3.40. The van der Waals surface area contributed by atoms with E-state index in [0.717, 1.165) is 0 Å². The third-order valence-electron chi connectivity index (χ3n) is 2.83. The molecule has 0 spiro atoms. The summed E-state index contributed by atoms with van der Waals surface area (Å²) >= 11 is 0. The minimum Gasteiger partial charge on any atom is -0.366 e. The van der Waals surface area contributed by atoms with E-state index < -0.39 is 15.7 Å². The number of benzene rings is 2. The molecule has 0 aliphatic heterocycles. The second kappa shape index (κ2) is 4.85. The molecule has 0 heterocycles. The first-order chi connectivity index (χ1) is 8.93. The van der Waals surface area contributed by atoms with Gasteiger partial charge in [-0.2, -0.15) is 0 Å². The second-order valence-corrected chi connectivity index (χ2v) is 6.08. The number of hydrogen-bond donors (Lipinski definition) is 1. The van der Waals surface area contributed by atoms with Gasteiger partial charge in [-0.05, 0) is 42.8 Å². The van der Waals surface area contributed by atoms with Gasteiger partial charge in [0.15, 0.2) is 0 Å². The smallest absolute Gasteiger partial charge is 0.248 e. The molecule has 1 amide bonds. The van der Waals surface area contributed by atoms with Crippen molar-refractivity contribution in [3.8, 4) is 0 Å². The van der Waals surface area contributed by atoms with Crippen LogP contribution in [0.2, 0.25) is 0 Å². The molecule has 98 valence electrons. The summed E-state index contributed by atoms with van der Waals surface area (Å²) < 4.78 is 24.8. The van der Waals surface area contributed by atoms with Crippen LogP contribution in [0.5, 0.6) is 0 Å². The molecule has 0 atom stereocenters. The van der Waals surface area contributed by atoms with Gasteiger partial charge in [0.05, 0.1) is 9.79 Å². The molecule has 0 unspecified atom stereocenters. The quantitative estimate of drug-likeness (QED) is 0.929. The van der Waals surface area contributed by atoms with E-state index in [2.05, 4.69) is 0 Å². The lowest BCUT2D eigenvalue weighted by molar-refractivity contribution is 0.1000. The van der Waals surface area contributed by atoms with Crippen LogP contribution in [0.15, 0.2) is 58.3 Å². The largest absolute Gasteiger partial charge is 0.366 e. The molecule has 5 heteroatoms. The Morgan fingerprint density at radius 2 is 1.58 bits per heavy atom. The van der Waals surface area contributed by atoms with E-state index in [1.807, 2.05) is 0 Å². The zero-order valence-electron chi connectivity index (χ0n) is 10.3. The zero-order valence-corrected chi connectivity index (χ0v) is 11.1. The van der Waals surface area contributed by atoms with Crippen molar-refractivity contribution in [1.82, 2.24) is 0 Å². The molecule has 0 bridgehead atoms.